The molecule has 1 amide bonds. The molecule has 0 aliphatic carbocycles. The summed E-state index contributed by atoms with van der Waals surface area (Å²) in [4.78, 5) is 13.7. The molecule has 0 aliphatic heterocycles. The average molecular weight is 278 g/mol. The van der Waals surface area contributed by atoms with Crippen molar-refractivity contribution in [3.63, 3.8) is 0 Å². The van der Waals surface area contributed by atoms with E-state index in [1.165, 1.54) is 12.8 Å². The first-order valence-electron chi connectivity index (χ1n) is 5.94. The molecule has 0 heterocycles. The maximum atomic E-state index is 11.8. The van der Waals surface area contributed by atoms with Crippen molar-refractivity contribution in [2.24, 2.45) is 5.92 Å². The molecule has 2 nitrogen and oxygen atoms in total. The standard InChI is InChI=1S/C12H24BrNO/c1-4-8-11(2)12(15)14(3)10-7-5-6-9-13/h11H,4-10H2,1-3H3. The molecular weight excluding hydrogens is 254 g/mol. The van der Waals surface area contributed by atoms with Crippen molar-refractivity contribution in [2.45, 2.75) is 46.0 Å². The van der Waals surface area contributed by atoms with E-state index in [0.717, 1.165) is 31.1 Å². The van der Waals surface area contributed by atoms with Crippen LogP contribution in [0.1, 0.15) is 46.0 Å². The molecule has 3 heteroatoms. The van der Waals surface area contributed by atoms with Crippen molar-refractivity contribution in [1.82, 2.24) is 4.90 Å². The van der Waals surface area contributed by atoms with Gasteiger partial charge in [-0.15, -0.1) is 0 Å². The van der Waals surface area contributed by atoms with Gasteiger partial charge in [0.2, 0.25) is 5.91 Å². The Labute approximate surface area is 103 Å². The van der Waals surface area contributed by atoms with Gasteiger partial charge in [0.05, 0.1) is 0 Å². The number of unbranched alkanes of at least 4 members (excludes halogenated alkanes) is 2. The van der Waals surface area contributed by atoms with Gasteiger partial charge in [-0.2, -0.15) is 0 Å². The Bertz CT molecular complexity index is 173. The maximum Gasteiger partial charge on any atom is 0.225 e. The zero-order chi connectivity index (χ0) is 11.7. The lowest BCUT2D eigenvalue weighted by Gasteiger charge is -2.21. The van der Waals surface area contributed by atoms with Gasteiger partial charge in [-0.1, -0.05) is 42.6 Å². The van der Waals surface area contributed by atoms with E-state index in [9.17, 15) is 4.79 Å². The zero-order valence-electron chi connectivity index (χ0n) is 10.3. The van der Waals surface area contributed by atoms with Crippen molar-refractivity contribution in [2.75, 3.05) is 18.9 Å². The molecule has 0 rings (SSSR count). The van der Waals surface area contributed by atoms with Crippen LogP contribution in [0.2, 0.25) is 0 Å². The van der Waals surface area contributed by atoms with Gasteiger partial charge in [-0.25, -0.2) is 0 Å². The summed E-state index contributed by atoms with van der Waals surface area (Å²) in [6.07, 6.45) is 5.61. The Hall–Kier alpha value is -0.0500. The third-order valence-corrected chi connectivity index (χ3v) is 3.21. The average Bonchev–Trinajstić information content (AvgIpc) is 2.23. The lowest BCUT2D eigenvalue weighted by atomic mass is 10.0. The molecule has 0 bridgehead atoms. The summed E-state index contributed by atoms with van der Waals surface area (Å²) in [5, 5.41) is 1.07. The topological polar surface area (TPSA) is 20.3 Å². The van der Waals surface area contributed by atoms with E-state index in [-0.39, 0.29) is 5.92 Å². The molecule has 0 radical (unpaired) electrons. The Morgan fingerprint density at radius 2 is 2.00 bits per heavy atom. The monoisotopic (exact) mass is 277 g/mol. The molecule has 0 saturated heterocycles. The van der Waals surface area contributed by atoms with Crippen LogP contribution in [0.5, 0.6) is 0 Å². The first kappa shape index (κ1) is 14.9. The minimum Gasteiger partial charge on any atom is -0.346 e. The summed E-state index contributed by atoms with van der Waals surface area (Å²) in [6, 6.07) is 0. The first-order valence-corrected chi connectivity index (χ1v) is 7.06. The second-order valence-corrected chi connectivity index (χ2v) is 4.99. The van der Waals surface area contributed by atoms with Crippen molar-refractivity contribution in [3.8, 4) is 0 Å². The predicted molar refractivity (Wildman–Crippen MR) is 69.4 cm³/mol. The first-order chi connectivity index (χ1) is 7.13. The SMILES string of the molecule is CCCC(C)C(=O)N(C)CCCCCBr. The largest absolute Gasteiger partial charge is 0.346 e. The minimum absolute atomic E-state index is 0.191. The van der Waals surface area contributed by atoms with E-state index in [4.69, 9.17) is 0 Å². The van der Waals surface area contributed by atoms with Gasteiger partial charge < -0.3 is 4.90 Å². The summed E-state index contributed by atoms with van der Waals surface area (Å²) in [6.45, 7) is 5.06. The molecule has 90 valence electrons. The Morgan fingerprint density at radius 1 is 1.33 bits per heavy atom. The van der Waals surface area contributed by atoms with Crippen LogP contribution in [0.15, 0.2) is 0 Å². The van der Waals surface area contributed by atoms with Crippen LogP contribution in [0.3, 0.4) is 0 Å². The number of amides is 1. The van der Waals surface area contributed by atoms with Gasteiger partial charge in [0, 0.05) is 24.8 Å². The number of carbonyl (C=O) groups excluding carboxylic acids is 1. The fraction of sp³-hybridized carbons (Fsp3) is 0.917. The molecule has 0 spiro atoms. The lowest BCUT2D eigenvalue weighted by Crippen LogP contribution is -2.32. The zero-order valence-corrected chi connectivity index (χ0v) is 11.8. The number of hydrogen-bond acceptors (Lipinski definition) is 1. The third kappa shape index (κ3) is 6.93. The number of halogens is 1. The van der Waals surface area contributed by atoms with Gasteiger partial charge in [-0.3, -0.25) is 4.79 Å². The lowest BCUT2D eigenvalue weighted by molar-refractivity contribution is -0.133. The number of alkyl halides is 1. The van der Waals surface area contributed by atoms with Crippen molar-refractivity contribution >= 4 is 21.8 Å². The van der Waals surface area contributed by atoms with Crippen LogP contribution in [0.4, 0.5) is 0 Å². The normalized spacial score (nSPS) is 12.5. The predicted octanol–water partition coefficient (Wildman–Crippen LogP) is 3.45. The van der Waals surface area contributed by atoms with Crippen LogP contribution >= 0.6 is 15.9 Å². The van der Waals surface area contributed by atoms with Crippen molar-refractivity contribution in [1.29, 1.82) is 0 Å². The van der Waals surface area contributed by atoms with E-state index < -0.39 is 0 Å². The van der Waals surface area contributed by atoms with Gasteiger partial charge in [-0.05, 0) is 19.3 Å². The van der Waals surface area contributed by atoms with E-state index in [1.807, 2.05) is 18.9 Å². The van der Waals surface area contributed by atoms with E-state index in [0.29, 0.717) is 5.91 Å². The highest BCUT2D eigenvalue weighted by atomic mass is 79.9. The molecule has 0 aromatic heterocycles. The van der Waals surface area contributed by atoms with Gasteiger partial charge in [0.1, 0.15) is 0 Å². The van der Waals surface area contributed by atoms with E-state index in [2.05, 4.69) is 22.9 Å². The molecule has 0 N–H and O–H groups in total. The summed E-state index contributed by atoms with van der Waals surface area (Å²) < 4.78 is 0. The third-order valence-electron chi connectivity index (χ3n) is 2.65. The molecule has 15 heavy (non-hydrogen) atoms. The smallest absolute Gasteiger partial charge is 0.225 e. The highest BCUT2D eigenvalue weighted by Crippen LogP contribution is 2.09. The Morgan fingerprint density at radius 3 is 2.53 bits per heavy atom. The Kier molecular flexibility index (Phi) is 9.17. The summed E-state index contributed by atoms with van der Waals surface area (Å²) >= 11 is 3.41. The molecule has 0 fully saturated rings. The van der Waals surface area contributed by atoms with E-state index >= 15 is 0 Å². The fourth-order valence-electron chi connectivity index (χ4n) is 1.66. The number of rotatable bonds is 8. The van der Waals surface area contributed by atoms with Crippen molar-refractivity contribution in [3.05, 3.63) is 0 Å². The summed E-state index contributed by atoms with van der Waals surface area (Å²) in [5.74, 6) is 0.492. The maximum absolute atomic E-state index is 11.8. The second-order valence-electron chi connectivity index (χ2n) is 4.20. The Balaban J connectivity index is 3.68. The van der Waals surface area contributed by atoms with Gasteiger partial charge in [0.25, 0.3) is 0 Å². The molecule has 0 aliphatic rings. The molecule has 0 aromatic carbocycles. The van der Waals surface area contributed by atoms with Crippen LogP contribution in [-0.4, -0.2) is 29.7 Å². The number of carbonyl (C=O) groups is 1. The molecular formula is C12H24BrNO. The van der Waals surface area contributed by atoms with Gasteiger partial charge in [0.15, 0.2) is 0 Å². The van der Waals surface area contributed by atoms with Crippen LogP contribution < -0.4 is 0 Å². The van der Waals surface area contributed by atoms with Crippen LogP contribution in [0, 0.1) is 5.92 Å². The molecule has 0 aromatic rings. The second kappa shape index (κ2) is 9.20. The van der Waals surface area contributed by atoms with Crippen LogP contribution in [-0.2, 0) is 4.79 Å². The molecule has 1 unspecified atom stereocenters. The quantitative estimate of drug-likeness (QED) is 0.492. The van der Waals surface area contributed by atoms with Crippen LogP contribution in [0.25, 0.3) is 0 Å². The van der Waals surface area contributed by atoms with Gasteiger partial charge >= 0.3 is 0 Å². The molecule has 1 atom stereocenters. The van der Waals surface area contributed by atoms with E-state index in [1.54, 1.807) is 0 Å². The fourth-order valence-corrected chi connectivity index (χ4v) is 2.06. The number of nitrogens with zero attached hydrogens (tertiary/aromatic N) is 1. The number of hydrogen-bond donors (Lipinski definition) is 0. The summed E-state index contributed by atoms with van der Waals surface area (Å²) in [5.41, 5.74) is 0. The summed E-state index contributed by atoms with van der Waals surface area (Å²) in [7, 11) is 1.92. The molecule has 0 saturated carbocycles. The highest BCUT2D eigenvalue weighted by Gasteiger charge is 2.15. The minimum atomic E-state index is 0.191. The van der Waals surface area contributed by atoms with Crippen molar-refractivity contribution < 1.29 is 4.79 Å². The highest BCUT2D eigenvalue weighted by molar-refractivity contribution is 9.09.